The molecule has 0 aliphatic rings. The Hall–Kier alpha value is -1.89. The summed E-state index contributed by atoms with van der Waals surface area (Å²) in [7, 11) is 0. The van der Waals surface area contributed by atoms with Gasteiger partial charge in [0.25, 0.3) is 0 Å². The number of nitrogens with one attached hydrogen (secondary N) is 1. The fourth-order valence-electron chi connectivity index (χ4n) is 1.37. The number of thiophene rings is 1. The Morgan fingerprint density at radius 3 is 3.06 bits per heavy atom. The third-order valence-electron chi connectivity index (χ3n) is 2.13. The van der Waals surface area contributed by atoms with Gasteiger partial charge in [-0.25, -0.2) is 0 Å². The number of ketones is 1. The lowest BCUT2D eigenvalue weighted by atomic mass is 10.3. The molecule has 0 fully saturated rings. The molecule has 0 bridgehead atoms. The van der Waals surface area contributed by atoms with Gasteiger partial charge in [-0.3, -0.25) is 4.79 Å². The molecule has 2 aromatic rings. The maximum atomic E-state index is 11.2. The second-order valence-corrected chi connectivity index (χ2v) is 4.52. The van der Waals surface area contributed by atoms with Crippen LogP contribution in [0.2, 0.25) is 0 Å². The number of hydrogen-bond acceptors (Lipinski definition) is 7. The number of nitrogens with zero attached hydrogens (tertiary/aromatic N) is 2. The molecule has 0 atom stereocenters. The van der Waals surface area contributed by atoms with Crippen LogP contribution in [-0.4, -0.2) is 22.5 Å². The lowest BCUT2D eigenvalue weighted by molar-refractivity contribution is 0.102. The molecule has 0 aromatic carbocycles. The number of carbonyl (C=O) groups excluding carboxylic acids is 1. The van der Waals surface area contributed by atoms with Gasteiger partial charge in [-0.05, 0) is 6.07 Å². The Balaban J connectivity index is 1.91. The maximum Gasteiger partial charge on any atom is 0.228 e. The first-order valence-corrected chi connectivity index (χ1v) is 5.88. The molecule has 17 heavy (non-hydrogen) atoms. The van der Waals surface area contributed by atoms with E-state index in [0.29, 0.717) is 29.4 Å². The van der Waals surface area contributed by atoms with Crippen LogP contribution in [0.5, 0.6) is 0 Å². The van der Waals surface area contributed by atoms with E-state index >= 15 is 0 Å². The zero-order valence-corrected chi connectivity index (χ0v) is 10.1. The van der Waals surface area contributed by atoms with E-state index in [1.165, 1.54) is 24.6 Å². The fraction of sp³-hybridized carbons (Fsp3) is 0.300. The average molecular weight is 252 g/mol. The fourth-order valence-corrected chi connectivity index (χ4v) is 2.27. The third-order valence-corrected chi connectivity index (χ3v) is 3.33. The summed E-state index contributed by atoms with van der Waals surface area (Å²) in [5.41, 5.74) is 6.23. The highest BCUT2D eigenvalue weighted by molar-refractivity contribution is 7.18. The number of nitrogen functional groups attached to an aromatic ring is 1. The van der Waals surface area contributed by atoms with Crippen molar-refractivity contribution < 1.29 is 9.32 Å². The van der Waals surface area contributed by atoms with Gasteiger partial charge in [0.15, 0.2) is 12.1 Å². The van der Waals surface area contributed by atoms with Crippen molar-refractivity contribution in [2.75, 3.05) is 17.6 Å². The minimum atomic E-state index is -0.0162. The second-order valence-electron chi connectivity index (χ2n) is 3.46. The van der Waals surface area contributed by atoms with Gasteiger partial charge in [-0.2, -0.15) is 4.98 Å². The summed E-state index contributed by atoms with van der Waals surface area (Å²) >= 11 is 1.35. The smallest absolute Gasteiger partial charge is 0.228 e. The molecule has 0 saturated heterocycles. The second kappa shape index (κ2) is 4.96. The van der Waals surface area contributed by atoms with Crippen LogP contribution in [0.3, 0.4) is 0 Å². The first-order chi connectivity index (χ1) is 8.16. The standard InChI is InChI=1S/C10H12N4O2S/c1-6(15)10-7(11)4-9(17-10)12-3-2-8-13-5-14-16-8/h4-5,12H,2-3,11H2,1H3. The number of Topliss-reactive ketones (excluding diaryl/α,β-unsaturated/α-hetero) is 1. The Kier molecular flexibility index (Phi) is 3.38. The van der Waals surface area contributed by atoms with Gasteiger partial charge < -0.3 is 15.6 Å². The third kappa shape index (κ3) is 2.82. The zero-order valence-electron chi connectivity index (χ0n) is 9.27. The van der Waals surface area contributed by atoms with Gasteiger partial charge >= 0.3 is 0 Å². The van der Waals surface area contributed by atoms with Crippen LogP contribution in [0.4, 0.5) is 10.7 Å². The van der Waals surface area contributed by atoms with Crippen molar-refractivity contribution in [1.29, 1.82) is 0 Å². The van der Waals surface area contributed by atoms with Gasteiger partial charge in [-0.1, -0.05) is 5.16 Å². The number of anilines is 2. The highest BCUT2D eigenvalue weighted by Crippen LogP contribution is 2.29. The van der Waals surface area contributed by atoms with E-state index in [0.717, 1.165) is 5.00 Å². The predicted octanol–water partition coefficient (Wildman–Crippen LogP) is 1.57. The van der Waals surface area contributed by atoms with Gasteiger partial charge in [0, 0.05) is 19.9 Å². The quantitative estimate of drug-likeness (QED) is 0.784. The molecule has 2 aromatic heterocycles. The van der Waals surface area contributed by atoms with Crippen molar-refractivity contribution in [3.8, 4) is 0 Å². The highest BCUT2D eigenvalue weighted by atomic mass is 32.1. The van der Waals surface area contributed by atoms with E-state index in [4.69, 9.17) is 10.3 Å². The molecular formula is C10H12N4O2S. The summed E-state index contributed by atoms with van der Waals surface area (Å²) in [5, 5.41) is 7.54. The van der Waals surface area contributed by atoms with Gasteiger partial charge in [0.05, 0.1) is 15.6 Å². The summed E-state index contributed by atoms with van der Waals surface area (Å²) in [6, 6.07) is 1.76. The number of nitrogens with two attached hydrogens (primary N) is 1. The summed E-state index contributed by atoms with van der Waals surface area (Å²) in [5.74, 6) is 0.561. The number of rotatable bonds is 5. The summed E-state index contributed by atoms with van der Waals surface area (Å²) < 4.78 is 4.86. The van der Waals surface area contributed by atoms with Gasteiger partial charge in [0.1, 0.15) is 0 Å². The lowest BCUT2D eigenvalue weighted by Gasteiger charge is -1.99. The molecule has 0 saturated carbocycles. The normalized spacial score (nSPS) is 10.4. The van der Waals surface area contributed by atoms with Crippen LogP contribution in [0.15, 0.2) is 16.9 Å². The molecule has 90 valence electrons. The lowest BCUT2D eigenvalue weighted by Crippen LogP contribution is -2.03. The first-order valence-electron chi connectivity index (χ1n) is 5.06. The number of hydrogen-bond donors (Lipinski definition) is 2. The van der Waals surface area contributed by atoms with Crippen LogP contribution in [0.25, 0.3) is 0 Å². The molecule has 2 heterocycles. The van der Waals surface area contributed by atoms with Crippen LogP contribution in [0.1, 0.15) is 22.5 Å². The topological polar surface area (TPSA) is 94.0 Å². The highest BCUT2D eigenvalue weighted by Gasteiger charge is 2.10. The molecule has 0 spiro atoms. The van der Waals surface area contributed by atoms with Crippen LogP contribution in [-0.2, 0) is 6.42 Å². The van der Waals surface area contributed by atoms with E-state index < -0.39 is 0 Å². The predicted molar refractivity (Wildman–Crippen MR) is 65.2 cm³/mol. The van der Waals surface area contributed by atoms with Gasteiger partial charge in [0.2, 0.25) is 5.89 Å². The Morgan fingerprint density at radius 1 is 1.65 bits per heavy atom. The van der Waals surface area contributed by atoms with E-state index in [9.17, 15) is 4.79 Å². The van der Waals surface area contributed by atoms with Crippen molar-refractivity contribution in [1.82, 2.24) is 10.1 Å². The van der Waals surface area contributed by atoms with E-state index in [2.05, 4.69) is 15.5 Å². The molecule has 0 unspecified atom stereocenters. The van der Waals surface area contributed by atoms with Crippen LogP contribution >= 0.6 is 11.3 Å². The van der Waals surface area contributed by atoms with Crippen molar-refractivity contribution in [3.05, 3.63) is 23.2 Å². The molecule has 0 aliphatic carbocycles. The Labute approximate surface area is 102 Å². The molecule has 0 aliphatic heterocycles. The summed E-state index contributed by atoms with van der Waals surface area (Å²) in [6.07, 6.45) is 2.00. The summed E-state index contributed by atoms with van der Waals surface area (Å²) in [4.78, 5) is 15.7. The largest absolute Gasteiger partial charge is 0.397 e. The minimum Gasteiger partial charge on any atom is -0.397 e. The zero-order chi connectivity index (χ0) is 12.3. The minimum absolute atomic E-state index is 0.0162. The van der Waals surface area contributed by atoms with Crippen molar-refractivity contribution >= 4 is 27.8 Å². The van der Waals surface area contributed by atoms with E-state index in [1.54, 1.807) is 6.07 Å². The molecule has 3 N–H and O–H groups in total. The van der Waals surface area contributed by atoms with Crippen LogP contribution in [0, 0.1) is 0 Å². The SMILES string of the molecule is CC(=O)c1sc(NCCc2ncno2)cc1N. The number of carbonyl (C=O) groups is 1. The molecular weight excluding hydrogens is 240 g/mol. The number of aromatic nitrogens is 2. The van der Waals surface area contributed by atoms with E-state index in [-0.39, 0.29) is 5.78 Å². The van der Waals surface area contributed by atoms with Gasteiger partial charge in [-0.15, -0.1) is 11.3 Å². The maximum absolute atomic E-state index is 11.2. The summed E-state index contributed by atoms with van der Waals surface area (Å²) in [6.45, 7) is 2.16. The average Bonchev–Trinajstić information content (AvgIpc) is 2.88. The van der Waals surface area contributed by atoms with Crippen molar-refractivity contribution in [3.63, 3.8) is 0 Å². The monoisotopic (exact) mass is 252 g/mol. The molecule has 2 rings (SSSR count). The van der Waals surface area contributed by atoms with Crippen molar-refractivity contribution in [2.24, 2.45) is 0 Å². The first kappa shape index (κ1) is 11.6. The van der Waals surface area contributed by atoms with Crippen molar-refractivity contribution in [2.45, 2.75) is 13.3 Å². The molecule has 0 radical (unpaired) electrons. The molecule has 0 amide bonds. The Bertz CT molecular complexity index is 506. The van der Waals surface area contributed by atoms with Crippen LogP contribution < -0.4 is 11.1 Å². The Morgan fingerprint density at radius 2 is 2.47 bits per heavy atom. The molecule has 7 heteroatoms. The molecule has 6 nitrogen and oxygen atoms in total. The van der Waals surface area contributed by atoms with E-state index in [1.807, 2.05) is 0 Å².